The number of nitrogens with zero attached hydrogens (tertiary/aromatic N) is 4. The molecule has 2 aromatic carbocycles. The minimum atomic E-state index is -4.29. The maximum atomic E-state index is 13.6. The number of rotatable bonds is 4. The molecule has 1 unspecified atom stereocenters. The summed E-state index contributed by atoms with van der Waals surface area (Å²) >= 11 is 0. The Labute approximate surface area is 270 Å². The molecule has 2 aliphatic rings. The highest BCUT2D eigenvalue weighted by atomic mass is 35.5. The second kappa shape index (κ2) is 12.2. The summed E-state index contributed by atoms with van der Waals surface area (Å²) in [4.78, 5) is 28.0. The molecule has 0 radical (unpaired) electrons. The van der Waals surface area contributed by atoms with E-state index in [1.54, 1.807) is 25.2 Å². The molecular formula is C32H31ClF3N5O4S. The summed E-state index contributed by atoms with van der Waals surface area (Å²) in [7, 11) is -2.66. The number of carbonyl (C=O) groups is 1. The summed E-state index contributed by atoms with van der Waals surface area (Å²) in [6, 6.07) is 16.1. The van der Waals surface area contributed by atoms with E-state index in [1.165, 1.54) is 35.4 Å². The molecule has 6 rings (SSSR count). The lowest BCUT2D eigenvalue weighted by Gasteiger charge is -2.25. The molecule has 4 bridgehead atoms. The van der Waals surface area contributed by atoms with Crippen molar-refractivity contribution in [2.24, 2.45) is 5.41 Å². The van der Waals surface area contributed by atoms with E-state index in [1.807, 2.05) is 32.0 Å². The lowest BCUT2D eigenvalue weighted by Crippen LogP contribution is -2.33. The number of alkyl halides is 3. The third-order valence-electron chi connectivity index (χ3n) is 8.28. The standard InChI is InChI=1S/C32H30F3N5O4S.ClH/c1-19-6-4-7-20(2)28(19)25-15-27-38-30(37-25)39-45(42,43)23-9-5-8-22(14-23)29(41)40(3)18-26(44-27)24-11-10-21(17-36-24)16-31(12-13-31)32(33,34)35;/h4-11,14-15,17,26H,12-13,16,18H2,1-3H3,(H,37,38,39);1H. The molecule has 1 aliphatic heterocycles. The normalized spacial score (nSPS) is 18.5. The first kappa shape index (κ1) is 33.1. The average molecular weight is 674 g/mol. The van der Waals surface area contributed by atoms with Crippen LogP contribution in [0, 0.1) is 19.3 Å². The van der Waals surface area contributed by atoms with Crippen LogP contribution in [0.2, 0.25) is 0 Å². The summed E-state index contributed by atoms with van der Waals surface area (Å²) < 4.78 is 76.3. The fourth-order valence-electron chi connectivity index (χ4n) is 5.57. The Bertz CT molecular complexity index is 1880. The number of aryl methyl sites for hydroxylation is 2. The Morgan fingerprint density at radius 3 is 2.35 bits per heavy atom. The van der Waals surface area contributed by atoms with Gasteiger partial charge in [-0.15, -0.1) is 12.4 Å². The highest BCUT2D eigenvalue weighted by Gasteiger charge is 2.62. The summed E-state index contributed by atoms with van der Waals surface area (Å²) in [6.45, 7) is 3.78. The first-order valence-electron chi connectivity index (χ1n) is 14.3. The summed E-state index contributed by atoms with van der Waals surface area (Å²) in [5.74, 6) is -0.693. The van der Waals surface area contributed by atoms with E-state index in [4.69, 9.17) is 4.74 Å². The number of hydrogen-bond acceptors (Lipinski definition) is 7. The number of ether oxygens (including phenoxy) is 1. The highest BCUT2D eigenvalue weighted by Crippen LogP contribution is 2.59. The van der Waals surface area contributed by atoms with Crippen molar-refractivity contribution < 1.29 is 31.1 Å². The number of likely N-dealkylation sites (N-methyl/N-ethyl adjacent to an activating group) is 1. The topological polar surface area (TPSA) is 114 Å². The van der Waals surface area contributed by atoms with Crippen LogP contribution in [0.5, 0.6) is 5.88 Å². The predicted molar refractivity (Wildman–Crippen MR) is 167 cm³/mol. The number of aromatic nitrogens is 3. The van der Waals surface area contributed by atoms with Gasteiger partial charge in [0.2, 0.25) is 11.8 Å². The first-order valence-corrected chi connectivity index (χ1v) is 15.8. The molecule has 14 heteroatoms. The molecule has 1 N–H and O–H groups in total. The summed E-state index contributed by atoms with van der Waals surface area (Å²) in [5.41, 5.74) is 2.17. The van der Waals surface area contributed by atoms with Crippen molar-refractivity contribution in [1.82, 2.24) is 19.9 Å². The zero-order valence-corrected chi connectivity index (χ0v) is 26.8. The average Bonchev–Trinajstić information content (AvgIpc) is 3.77. The van der Waals surface area contributed by atoms with Crippen molar-refractivity contribution in [1.29, 1.82) is 0 Å². The minimum absolute atomic E-state index is 0. The molecule has 1 amide bonds. The van der Waals surface area contributed by atoms with Crippen LogP contribution in [0.3, 0.4) is 0 Å². The predicted octanol–water partition coefficient (Wildman–Crippen LogP) is 6.47. The van der Waals surface area contributed by atoms with Gasteiger partial charge in [-0.25, -0.2) is 18.1 Å². The van der Waals surface area contributed by atoms with Crippen LogP contribution >= 0.6 is 12.4 Å². The number of fused-ring (bicyclic) bond motifs is 4. The van der Waals surface area contributed by atoms with E-state index in [9.17, 15) is 26.4 Å². The van der Waals surface area contributed by atoms with Crippen LogP contribution in [0.4, 0.5) is 19.1 Å². The van der Waals surface area contributed by atoms with Gasteiger partial charge < -0.3 is 9.64 Å². The zero-order valence-electron chi connectivity index (χ0n) is 25.1. The van der Waals surface area contributed by atoms with Crippen molar-refractivity contribution in [3.8, 4) is 17.1 Å². The van der Waals surface area contributed by atoms with Gasteiger partial charge >= 0.3 is 6.18 Å². The van der Waals surface area contributed by atoms with Gasteiger partial charge in [0, 0.05) is 30.4 Å². The number of sulfonamides is 1. The van der Waals surface area contributed by atoms with E-state index < -0.39 is 33.6 Å². The number of carbonyl (C=O) groups excluding carboxylic acids is 1. The van der Waals surface area contributed by atoms with E-state index in [2.05, 4.69) is 19.7 Å². The Kier molecular flexibility index (Phi) is 8.77. The van der Waals surface area contributed by atoms with Crippen molar-refractivity contribution in [2.75, 3.05) is 18.3 Å². The van der Waals surface area contributed by atoms with Crippen LogP contribution in [0.25, 0.3) is 11.3 Å². The van der Waals surface area contributed by atoms with Crippen LogP contribution < -0.4 is 9.46 Å². The minimum Gasteiger partial charge on any atom is -0.466 e. The number of amides is 1. The van der Waals surface area contributed by atoms with Crippen LogP contribution in [0.15, 0.2) is 71.8 Å². The molecule has 46 heavy (non-hydrogen) atoms. The van der Waals surface area contributed by atoms with Gasteiger partial charge in [0.25, 0.3) is 15.9 Å². The molecule has 1 aliphatic carbocycles. The SMILES string of the molecule is Cc1cccc(C)c1-c1cc2nc(n1)NS(=O)(=O)c1cccc(c1)C(=O)N(C)CC(c1ccc(CC3(C(F)(F)F)CC3)cn1)O2.Cl. The Hall–Kier alpha value is -4.23. The maximum absolute atomic E-state index is 13.6. The van der Waals surface area contributed by atoms with E-state index in [-0.39, 0.29) is 60.5 Å². The van der Waals surface area contributed by atoms with E-state index in [0.717, 1.165) is 16.7 Å². The fraction of sp³-hybridized carbons (Fsp3) is 0.312. The highest BCUT2D eigenvalue weighted by molar-refractivity contribution is 7.92. The van der Waals surface area contributed by atoms with Gasteiger partial charge in [0.1, 0.15) is 0 Å². The molecule has 4 aromatic rings. The van der Waals surface area contributed by atoms with E-state index in [0.29, 0.717) is 17.0 Å². The van der Waals surface area contributed by atoms with Crippen molar-refractivity contribution in [3.63, 3.8) is 0 Å². The lowest BCUT2D eigenvalue weighted by molar-refractivity contribution is -0.186. The molecule has 0 spiro atoms. The Morgan fingerprint density at radius 1 is 1.02 bits per heavy atom. The molecule has 242 valence electrons. The number of pyridine rings is 1. The smallest absolute Gasteiger partial charge is 0.394 e. The molecule has 1 saturated carbocycles. The molecule has 1 atom stereocenters. The lowest BCUT2D eigenvalue weighted by atomic mass is 9.96. The third-order valence-corrected chi connectivity index (χ3v) is 9.61. The second-order valence-electron chi connectivity index (χ2n) is 11.7. The number of benzene rings is 2. The molecule has 3 heterocycles. The zero-order chi connectivity index (χ0) is 32.1. The van der Waals surface area contributed by atoms with Crippen molar-refractivity contribution in [3.05, 3.63) is 94.8 Å². The maximum Gasteiger partial charge on any atom is 0.394 e. The van der Waals surface area contributed by atoms with Gasteiger partial charge in [-0.1, -0.05) is 30.3 Å². The third kappa shape index (κ3) is 6.52. The number of halogens is 4. The molecule has 2 aromatic heterocycles. The number of nitrogens with one attached hydrogen (secondary N) is 1. The van der Waals surface area contributed by atoms with Crippen LogP contribution in [-0.4, -0.2) is 53.9 Å². The number of hydrogen-bond donors (Lipinski definition) is 1. The van der Waals surface area contributed by atoms with E-state index >= 15 is 0 Å². The first-order chi connectivity index (χ1) is 21.2. The quantitative estimate of drug-likeness (QED) is 0.264. The molecular weight excluding hydrogens is 643 g/mol. The van der Waals surface area contributed by atoms with Gasteiger partial charge in [-0.3, -0.25) is 9.78 Å². The monoisotopic (exact) mass is 673 g/mol. The summed E-state index contributed by atoms with van der Waals surface area (Å²) in [5, 5.41) is 0. The fourth-order valence-corrected chi connectivity index (χ4v) is 6.56. The van der Waals surface area contributed by atoms with Crippen molar-refractivity contribution in [2.45, 2.75) is 50.3 Å². The van der Waals surface area contributed by atoms with Crippen LogP contribution in [-0.2, 0) is 16.4 Å². The van der Waals surface area contributed by atoms with Crippen LogP contribution in [0.1, 0.15) is 51.7 Å². The Morgan fingerprint density at radius 2 is 1.72 bits per heavy atom. The van der Waals surface area contributed by atoms with Gasteiger partial charge in [-0.05, 0) is 74.1 Å². The molecule has 0 saturated heterocycles. The van der Waals surface area contributed by atoms with Gasteiger partial charge in [0.05, 0.1) is 28.2 Å². The number of anilines is 1. The molecule has 1 fully saturated rings. The second-order valence-corrected chi connectivity index (χ2v) is 13.3. The molecule has 9 nitrogen and oxygen atoms in total. The van der Waals surface area contributed by atoms with Crippen molar-refractivity contribution >= 4 is 34.3 Å². The Balaban J connectivity index is 0.00000417. The summed E-state index contributed by atoms with van der Waals surface area (Å²) in [6.07, 6.45) is -3.81. The van der Waals surface area contributed by atoms with Gasteiger partial charge in [-0.2, -0.15) is 18.2 Å². The van der Waals surface area contributed by atoms with Gasteiger partial charge in [0.15, 0.2) is 6.10 Å². The largest absolute Gasteiger partial charge is 0.466 e.